The number of hydrogen-bond acceptors (Lipinski definition) is 4. The van der Waals surface area contributed by atoms with Crippen molar-refractivity contribution in [1.29, 1.82) is 5.26 Å². The smallest absolute Gasteiger partial charge is 0.223 e. The Kier molecular flexibility index (Phi) is 5.75. The van der Waals surface area contributed by atoms with Crippen molar-refractivity contribution in [3.63, 3.8) is 0 Å². The third-order valence-corrected chi connectivity index (χ3v) is 4.15. The predicted octanol–water partition coefficient (Wildman–Crippen LogP) is 3.53. The molecule has 24 heavy (non-hydrogen) atoms. The van der Waals surface area contributed by atoms with Crippen molar-refractivity contribution in [3.8, 4) is 6.07 Å². The molecule has 1 heterocycles. The summed E-state index contributed by atoms with van der Waals surface area (Å²) in [6.07, 6.45) is 1.06. The molecule has 5 nitrogen and oxygen atoms in total. The fourth-order valence-corrected chi connectivity index (χ4v) is 2.67. The lowest BCUT2D eigenvalue weighted by Gasteiger charge is -2.27. The van der Waals surface area contributed by atoms with Gasteiger partial charge >= 0.3 is 0 Å². The van der Waals surface area contributed by atoms with Crippen molar-refractivity contribution in [3.05, 3.63) is 52.4 Å². The van der Waals surface area contributed by atoms with E-state index in [1.165, 1.54) is 0 Å². The second-order valence-corrected chi connectivity index (χ2v) is 6.23. The van der Waals surface area contributed by atoms with Gasteiger partial charge in [-0.05, 0) is 51.8 Å². The summed E-state index contributed by atoms with van der Waals surface area (Å²) >= 11 is 0. The molecule has 126 valence electrons. The van der Waals surface area contributed by atoms with Crippen LogP contribution >= 0.6 is 0 Å². The molecule has 2 rings (SSSR count). The molecule has 0 N–H and O–H groups in total. The number of benzene rings is 1. The van der Waals surface area contributed by atoms with Crippen LogP contribution < -0.4 is 0 Å². The summed E-state index contributed by atoms with van der Waals surface area (Å²) < 4.78 is 5.15. The van der Waals surface area contributed by atoms with Crippen LogP contribution in [0.1, 0.15) is 48.4 Å². The number of aromatic nitrogens is 1. The van der Waals surface area contributed by atoms with Crippen LogP contribution in [-0.4, -0.2) is 22.0 Å². The van der Waals surface area contributed by atoms with E-state index in [0.717, 1.165) is 22.6 Å². The molecule has 0 radical (unpaired) electrons. The minimum atomic E-state index is 0.106. The second kappa shape index (κ2) is 7.78. The maximum Gasteiger partial charge on any atom is 0.223 e. The predicted molar refractivity (Wildman–Crippen MR) is 91.1 cm³/mol. The zero-order valence-electron chi connectivity index (χ0n) is 14.7. The molecule has 0 fully saturated rings. The topological polar surface area (TPSA) is 70.1 Å². The van der Waals surface area contributed by atoms with Crippen LogP contribution in [0, 0.1) is 25.2 Å². The lowest BCUT2D eigenvalue weighted by Crippen LogP contribution is -2.36. The number of aryl methyl sites for hydroxylation is 2. The number of hydrogen-bond donors (Lipinski definition) is 0. The van der Waals surface area contributed by atoms with Crippen molar-refractivity contribution in [1.82, 2.24) is 10.1 Å². The maximum atomic E-state index is 12.7. The Balaban J connectivity index is 2.03. The SMILES string of the molecule is Cc1noc(C)c1CCC(=O)N(Cc1ccc(C#N)cc1)C(C)C. The van der Waals surface area contributed by atoms with Crippen LogP contribution in [0.3, 0.4) is 0 Å². The van der Waals surface area contributed by atoms with Gasteiger partial charge in [0.25, 0.3) is 0 Å². The van der Waals surface area contributed by atoms with Gasteiger partial charge in [0.1, 0.15) is 5.76 Å². The Labute approximate surface area is 142 Å². The average Bonchev–Trinajstić information content (AvgIpc) is 2.89. The largest absolute Gasteiger partial charge is 0.361 e. The molecule has 1 aromatic heterocycles. The van der Waals surface area contributed by atoms with E-state index in [1.54, 1.807) is 12.1 Å². The monoisotopic (exact) mass is 325 g/mol. The average molecular weight is 325 g/mol. The number of carbonyl (C=O) groups is 1. The normalized spacial score (nSPS) is 10.7. The van der Waals surface area contributed by atoms with Crippen molar-refractivity contribution in [2.45, 2.75) is 53.1 Å². The van der Waals surface area contributed by atoms with E-state index in [1.807, 2.05) is 44.7 Å². The molecule has 0 bridgehead atoms. The van der Waals surface area contributed by atoms with Gasteiger partial charge in [-0.3, -0.25) is 4.79 Å². The zero-order valence-corrected chi connectivity index (χ0v) is 14.7. The molecule has 0 unspecified atom stereocenters. The first-order valence-corrected chi connectivity index (χ1v) is 8.12. The summed E-state index contributed by atoms with van der Waals surface area (Å²) in [5.74, 6) is 0.887. The quantitative estimate of drug-likeness (QED) is 0.814. The Morgan fingerprint density at radius 1 is 1.29 bits per heavy atom. The van der Waals surface area contributed by atoms with E-state index < -0.39 is 0 Å². The highest BCUT2D eigenvalue weighted by Gasteiger charge is 2.19. The second-order valence-electron chi connectivity index (χ2n) is 6.23. The Bertz CT molecular complexity index is 719. The summed E-state index contributed by atoms with van der Waals surface area (Å²) in [7, 11) is 0. The highest BCUT2D eigenvalue weighted by Crippen LogP contribution is 2.17. The van der Waals surface area contributed by atoms with Gasteiger partial charge in [-0.1, -0.05) is 17.3 Å². The molecule has 1 aromatic carbocycles. The molecule has 1 amide bonds. The number of nitriles is 1. The van der Waals surface area contributed by atoms with Gasteiger partial charge in [-0.25, -0.2) is 0 Å². The van der Waals surface area contributed by atoms with Gasteiger partial charge in [-0.15, -0.1) is 0 Å². The van der Waals surface area contributed by atoms with Crippen LogP contribution in [-0.2, 0) is 17.8 Å². The van der Waals surface area contributed by atoms with Crippen LogP contribution in [0.2, 0.25) is 0 Å². The van der Waals surface area contributed by atoms with E-state index in [0.29, 0.717) is 24.9 Å². The van der Waals surface area contributed by atoms with E-state index in [9.17, 15) is 4.79 Å². The molecule has 0 aliphatic rings. The van der Waals surface area contributed by atoms with E-state index >= 15 is 0 Å². The molecule has 5 heteroatoms. The van der Waals surface area contributed by atoms with E-state index in [-0.39, 0.29) is 11.9 Å². The molecule has 0 atom stereocenters. The van der Waals surface area contributed by atoms with Crippen LogP contribution in [0.25, 0.3) is 0 Å². The molecule has 0 saturated heterocycles. The number of carbonyl (C=O) groups excluding carboxylic acids is 1. The minimum absolute atomic E-state index is 0.106. The fourth-order valence-electron chi connectivity index (χ4n) is 2.67. The van der Waals surface area contributed by atoms with Crippen LogP contribution in [0.15, 0.2) is 28.8 Å². The molecule has 0 saturated carbocycles. The molecule has 2 aromatic rings. The van der Waals surface area contributed by atoms with Gasteiger partial charge in [-0.2, -0.15) is 5.26 Å². The van der Waals surface area contributed by atoms with Crippen molar-refractivity contribution in [2.24, 2.45) is 0 Å². The first kappa shape index (κ1) is 17.7. The summed E-state index contributed by atoms with van der Waals surface area (Å²) in [5.41, 5.74) is 3.52. The number of nitrogens with zero attached hydrogens (tertiary/aromatic N) is 3. The lowest BCUT2D eigenvalue weighted by molar-refractivity contribution is -0.133. The fraction of sp³-hybridized carbons (Fsp3) is 0.421. The molecule has 0 aliphatic carbocycles. The van der Waals surface area contributed by atoms with Gasteiger partial charge < -0.3 is 9.42 Å². The molecule has 0 aliphatic heterocycles. The van der Waals surface area contributed by atoms with E-state index in [4.69, 9.17) is 9.78 Å². The third-order valence-electron chi connectivity index (χ3n) is 4.15. The summed E-state index contributed by atoms with van der Waals surface area (Å²) in [5, 5.41) is 12.8. The Morgan fingerprint density at radius 3 is 2.46 bits per heavy atom. The minimum Gasteiger partial charge on any atom is -0.361 e. The third kappa shape index (κ3) is 4.23. The first-order chi connectivity index (χ1) is 11.4. The standard InChI is InChI=1S/C19H23N3O2/c1-13(2)22(12-17-7-5-16(11-20)6-8-17)19(23)10-9-18-14(3)21-24-15(18)4/h5-8,13H,9-10,12H2,1-4H3. The summed E-state index contributed by atoms with van der Waals surface area (Å²) in [6.45, 7) is 8.34. The number of amides is 1. The van der Waals surface area contributed by atoms with E-state index in [2.05, 4.69) is 11.2 Å². The Hall–Kier alpha value is -2.61. The van der Waals surface area contributed by atoms with Crippen LogP contribution in [0.5, 0.6) is 0 Å². The number of rotatable bonds is 6. The highest BCUT2D eigenvalue weighted by atomic mass is 16.5. The van der Waals surface area contributed by atoms with Crippen LogP contribution in [0.4, 0.5) is 0 Å². The molecular weight excluding hydrogens is 302 g/mol. The zero-order chi connectivity index (χ0) is 17.7. The maximum absolute atomic E-state index is 12.7. The summed E-state index contributed by atoms with van der Waals surface area (Å²) in [4.78, 5) is 14.5. The van der Waals surface area contributed by atoms with Gasteiger partial charge in [0.2, 0.25) is 5.91 Å². The van der Waals surface area contributed by atoms with Crippen molar-refractivity contribution in [2.75, 3.05) is 0 Å². The van der Waals surface area contributed by atoms with Gasteiger partial charge in [0.15, 0.2) is 0 Å². The summed E-state index contributed by atoms with van der Waals surface area (Å²) in [6, 6.07) is 9.57. The van der Waals surface area contributed by atoms with Gasteiger partial charge in [0.05, 0.1) is 17.3 Å². The lowest BCUT2D eigenvalue weighted by atomic mass is 10.1. The van der Waals surface area contributed by atoms with Crippen molar-refractivity contribution < 1.29 is 9.32 Å². The first-order valence-electron chi connectivity index (χ1n) is 8.12. The molecular formula is C19H23N3O2. The molecule has 0 spiro atoms. The highest BCUT2D eigenvalue weighted by molar-refractivity contribution is 5.76. The van der Waals surface area contributed by atoms with Gasteiger partial charge in [0, 0.05) is 24.6 Å². The Morgan fingerprint density at radius 2 is 1.96 bits per heavy atom. The van der Waals surface area contributed by atoms with Crippen molar-refractivity contribution >= 4 is 5.91 Å².